The molecular formula is C14H16N2O2. The average Bonchev–Trinajstić information content (AvgIpc) is 2.42. The number of nitrogens with zero attached hydrogens (tertiary/aromatic N) is 2. The average molecular weight is 244 g/mol. The van der Waals surface area contributed by atoms with Crippen molar-refractivity contribution >= 4 is 12.0 Å². The van der Waals surface area contributed by atoms with Crippen molar-refractivity contribution < 1.29 is 9.53 Å². The molecule has 0 unspecified atom stereocenters. The fourth-order valence-corrected chi connectivity index (χ4v) is 1.42. The first-order valence-electron chi connectivity index (χ1n) is 5.62. The van der Waals surface area contributed by atoms with E-state index in [-0.39, 0.29) is 5.91 Å². The Hall–Kier alpha value is -2.28. The lowest BCUT2D eigenvalue weighted by atomic mass is 10.2. The summed E-state index contributed by atoms with van der Waals surface area (Å²) >= 11 is 0. The maximum absolute atomic E-state index is 11.7. The van der Waals surface area contributed by atoms with E-state index in [2.05, 4.69) is 0 Å². The van der Waals surface area contributed by atoms with E-state index in [1.807, 2.05) is 30.3 Å². The van der Waals surface area contributed by atoms with Gasteiger partial charge in [-0.15, -0.1) is 0 Å². The number of rotatable bonds is 5. The molecule has 0 aromatic heterocycles. The number of benzene rings is 1. The molecule has 1 rings (SSSR count). The fourth-order valence-electron chi connectivity index (χ4n) is 1.42. The molecule has 0 bridgehead atoms. The number of amides is 1. The molecular weight excluding hydrogens is 228 g/mol. The summed E-state index contributed by atoms with van der Waals surface area (Å²) in [6.45, 7) is 0.436. The summed E-state index contributed by atoms with van der Waals surface area (Å²) in [7, 11) is 3.26. The summed E-state index contributed by atoms with van der Waals surface area (Å²) in [5, 5.41) is 8.45. The van der Waals surface area contributed by atoms with Gasteiger partial charge in [-0.05, 0) is 12.1 Å². The van der Waals surface area contributed by atoms with Crippen molar-refractivity contribution in [3.63, 3.8) is 0 Å². The third kappa shape index (κ3) is 3.95. The van der Waals surface area contributed by atoms with Crippen LogP contribution in [-0.2, 0) is 4.79 Å². The lowest BCUT2D eigenvalue weighted by Gasteiger charge is -2.12. The van der Waals surface area contributed by atoms with E-state index in [0.29, 0.717) is 13.0 Å². The Labute approximate surface area is 107 Å². The second-order valence-corrected chi connectivity index (χ2v) is 3.74. The molecule has 0 spiro atoms. The van der Waals surface area contributed by atoms with Gasteiger partial charge < -0.3 is 9.64 Å². The first-order chi connectivity index (χ1) is 8.69. The Morgan fingerprint density at radius 1 is 1.50 bits per heavy atom. The molecule has 0 aliphatic carbocycles. The van der Waals surface area contributed by atoms with E-state index < -0.39 is 0 Å². The molecule has 0 atom stereocenters. The molecule has 0 aliphatic rings. The minimum atomic E-state index is -0.129. The van der Waals surface area contributed by atoms with Crippen LogP contribution in [0.3, 0.4) is 0 Å². The highest BCUT2D eigenvalue weighted by atomic mass is 16.5. The van der Waals surface area contributed by atoms with Crippen LogP contribution in [0.5, 0.6) is 5.75 Å². The Morgan fingerprint density at radius 3 is 2.89 bits per heavy atom. The van der Waals surface area contributed by atoms with Crippen molar-refractivity contribution in [3.05, 3.63) is 35.9 Å². The minimum Gasteiger partial charge on any atom is -0.496 e. The lowest BCUT2D eigenvalue weighted by Crippen LogP contribution is -2.25. The standard InChI is InChI=1S/C14H16N2O2/c1-16(11-5-10-15)14(17)9-8-12-6-3-4-7-13(12)18-2/h3-4,6-9H,5,11H2,1-2H3. The third-order valence-corrected chi connectivity index (χ3v) is 2.48. The quantitative estimate of drug-likeness (QED) is 0.745. The highest BCUT2D eigenvalue weighted by molar-refractivity contribution is 5.92. The number of para-hydroxylation sites is 1. The summed E-state index contributed by atoms with van der Waals surface area (Å²) in [5.74, 6) is 0.595. The van der Waals surface area contributed by atoms with Crippen LogP contribution in [0.1, 0.15) is 12.0 Å². The van der Waals surface area contributed by atoms with E-state index in [4.69, 9.17) is 10.00 Å². The first-order valence-corrected chi connectivity index (χ1v) is 5.62. The Kier molecular flexibility index (Phi) is 5.46. The first kappa shape index (κ1) is 13.8. The summed E-state index contributed by atoms with van der Waals surface area (Å²) in [6.07, 6.45) is 3.53. The van der Waals surface area contributed by atoms with Crippen molar-refractivity contribution in [2.45, 2.75) is 6.42 Å². The summed E-state index contributed by atoms with van der Waals surface area (Å²) in [6, 6.07) is 9.47. The molecule has 0 aliphatic heterocycles. The van der Waals surface area contributed by atoms with Crippen molar-refractivity contribution in [1.82, 2.24) is 4.90 Å². The predicted molar refractivity (Wildman–Crippen MR) is 69.9 cm³/mol. The van der Waals surface area contributed by atoms with Gasteiger partial charge in [0.05, 0.1) is 19.6 Å². The zero-order chi connectivity index (χ0) is 13.4. The van der Waals surface area contributed by atoms with E-state index in [1.165, 1.54) is 11.0 Å². The summed E-state index contributed by atoms with van der Waals surface area (Å²) < 4.78 is 5.18. The highest BCUT2D eigenvalue weighted by Gasteiger charge is 2.04. The Balaban J connectivity index is 2.69. The van der Waals surface area contributed by atoms with Gasteiger partial charge in [0.15, 0.2) is 0 Å². The molecule has 1 amide bonds. The molecule has 0 saturated carbocycles. The van der Waals surface area contributed by atoms with Crippen LogP contribution in [-0.4, -0.2) is 31.5 Å². The molecule has 0 fully saturated rings. The lowest BCUT2D eigenvalue weighted by molar-refractivity contribution is -0.124. The highest BCUT2D eigenvalue weighted by Crippen LogP contribution is 2.18. The number of carbonyl (C=O) groups is 1. The number of methoxy groups -OCH3 is 1. The maximum atomic E-state index is 11.7. The van der Waals surface area contributed by atoms with Gasteiger partial charge in [-0.3, -0.25) is 4.79 Å². The second-order valence-electron chi connectivity index (χ2n) is 3.74. The van der Waals surface area contributed by atoms with Crippen molar-refractivity contribution in [2.24, 2.45) is 0 Å². The van der Waals surface area contributed by atoms with E-state index in [9.17, 15) is 4.79 Å². The van der Waals surface area contributed by atoms with Crippen LogP contribution in [0.4, 0.5) is 0 Å². The molecule has 94 valence electrons. The summed E-state index contributed by atoms with van der Waals surface area (Å²) in [4.78, 5) is 13.2. The number of nitriles is 1. The van der Waals surface area contributed by atoms with E-state index in [1.54, 1.807) is 20.2 Å². The zero-order valence-electron chi connectivity index (χ0n) is 10.6. The van der Waals surface area contributed by atoms with Gasteiger partial charge in [0, 0.05) is 25.2 Å². The number of ether oxygens (including phenoxy) is 1. The Morgan fingerprint density at radius 2 is 2.22 bits per heavy atom. The second kappa shape index (κ2) is 7.13. The van der Waals surface area contributed by atoms with Crippen molar-refractivity contribution in [1.29, 1.82) is 5.26 Å². The van der Waals surface area contributed by atoms with Crippen LogP contribution in [0.15, 0.2) is 30.3 Å². The van der Waals surface area contributed by atoms with Gasteiger partial charge >= 0.3 is 0 Å². The van der Waals surface area contributed by atoms with Crippen LogP contribution in [0.2, 0.25) is 0 Å². The number of carbonyl (C=O) groups excluding carboxylic acids is 1. The SMILES string of the molecule is COc1ccccc1C=CC(=O)N(C)CCC#N. The summed E-state index contributed by atoms with van der Waals surface area (Å²) in [5.41, 5.74) is 0.849. The smallest absolute Gasteiger partial charge is 0.246 e. The third-order valence-electron chi connectivity index (χ3n) is 2.48. The molecule has 4 heteroatoms. The Bertz CT molecular complexity index is 475. The topological polar surface area (TPSA) is 53.3 Å². The van der Waals surface area contributed by atoms with Gasteiger partial charge in [-0.25, -0.2) is 0 Å². The number of hydrogen-bond acceptors (Lipinski definition) is 3. The molecule has 0 saturated heterocycles. The normalized spacial score (nSPS) is 10.1. The molecule has 0 radical (unpaired) electrons. The molecule has 18 heavy (non-hydrogen) atoms. The van der Waals surface area contributed by atoms with Gasteiger partial charge in [0.1, 0.15) is 5.75 Å². The molecule has 0 heterocycles. The van der Waals surface area contributed by atoms with Gasteiger partial charge in [-0.2, -0.15) is 5.26 Å². The fraction of sp³-hybridized carbons (Fsp3) is 0.286. The largest absolute Gasteiger partial charge is 0.496 e. The molecule has 1 aromatic rings. The van der Waals surface area contributed by atoms with Gasteiger partial charge in [-0.1, -0.05) is 18.2 Å². The van der Waals surface area contributed by atoms with Crippen LogP contribution < -0.4 is 4.74 Å². The van der Waals surface area contributed by atoms with Crippen LogP contribution >= 0.6 is 0 Å². The van der Waals surface area contributed by atoms with E-state index in [0.717, 1.165) is 11.3 Å². The van der Waals surface area contributed by atoms with E-state index >= 15 is 0 Å². The van der Waals surface area contributed by atoms with Crippen LogP contribution in [0.25, 0.3) is 6.08 Å². The van der Waals surface area contributed by atoms with Gasteiger partial charge in [0.2, 0.25) is 5.91 Å². The predicted octanol–water partition coefficient (Wildman–Crippen LogP) is 2.08. The van der Waals surface area contributed by atoms with Crippen molar-refractivity contribution in [2.75, 3.05) is 20.7 Å². The minimum absolute atomic E-state index is 0.129. The molecule has 0 N–H and O–H groups in total. The monoisotopic (exact) mass is 244 g/mol. The van der Waals surface area contributed by atoms with Gasteiger partial charge in [0.25, 0.3) is 0 Å². The zero-order valence-corrected chi connectivity index (χ0v) is 10.6. The number of hydrogen-bond donors (Lipinski definition) is 0. The molecule has 1 aromatic carbocycles. The van der Waals surface area contributed by atoms with Crippen LogP contribution in [0, 0.1) is 11.3 Å². The molecule has 4 nitrogen and oxygen atoms in total. The maximum Gasteiger partial charge on any atom is 0.246 e. The van der Waals surface area contributed by atoms with Crippen molar-refractivity contribution in [3.8, 4) is 11.8 Å². The number of likely N-dealkylation sites (N-methyl/N-ethyl adjacent to an activating group) is 1.